The molecule has 0 bridgehead atoms. The van der Waals surface area contributed by atoms with E-state index in [4.69, 9.17) is 29.4 Å². The number of ether oxygens (including phenoxy) is 4. The number of benzene rings is 3. The van der Waals surface area contributed by atoms with Gasteiger partial charge in [0.1, 0.15) is 6.10 Å². The lowest BCUT2D eigenvalue weighted by atomic mass is 9.98. The van der Waals surface area contributed by atoms with Crippen LogP contribution in [0.25, 0.3) is 33.5 Å². The highest BCUT2D eigenvalue weighted by atomic mass is 17.1. The minimum absolute atomic E-state index is 0.0285. The first-order valence-electron chi connectivity index (χ1n) is 18.2. The third-order valence-electron chi connectivity index (χ3n) is 8.98. The Hall–Kier alpha value is -5.75. The highest BCUT2D eigenvalue weighted by Gasteiger charge is 2.25. The number of hydrogen-bond donors (Lipinski definition) is 2. The molecule has 0 radical (unpaired) electrons. The van der Waals surface area contributed by atoms with Crippen LogP contribution in [0.1, 0.15) is 85.9 Å². The molecule has 1 aliphatic carbocycles. The molecule has 2 N–H and O–H groups in total. The Bertz CT molecular complexity index is 2080. The smallest absolute Gasteiger partial charge is 0.465 e. The second kappa shape index (κ2) is 18.5. The van der Waals surface area contributed by atoms with Gasteiger partial charge in [0.2, 0.25) is 12.1 Å². The van der Waals surface area contributed by atoms with Gasteiger partial charge in [-0.1, -0.05) is 65.8 Å². The SMILES string of the molecule is CCOc1nc2cccc(C(=O)OC(C)OC(=O)OC3CCCCC3)c2n1Cc1ccc(-c2ccccc2-c2nnn(C(=O)CCCCON(O)O)n2)cc1. The lowest BCUT2D eigenvalue weighted by molar-refractivity contribution is -0.492. The number of tetrazole rings is 1. The van der Waals surface area contributed by atoms with Gasteiger partial charge in [0, 0.05) is 18.9 Å². The van der Waals surface area contributed by atoms with Crippen molar-refractivity contribution in [3.8, 4) is 28.5 Å². The zero-order chi connectivity index (χ0) is 38.7. The summed E-state index contributed by atoms with van der Waals surface area (Å²) in [6, 6.07) is 20.7. The quantitative estimate of drug-likeness (QED) is 0.0470. The van der Waals surface area contributed by atoms with Crippen LogP contribution in [0.3, 0.4) is 0 Å². The van der Waals surface area contributed by atoms with Crippen LogP contribution >= 0.6 is 0 Å². The molecule has 5 aromatic rings. The number of imidazole rings is 1. The van der Waals surface area contributed by atoms with E-state index in [1.54, 1.807) is 22.8 Å². The van der Waals surface area contributed by atoms with E-state index in [0.29, 0.717) is 48.6 Å². The van der Waals surface area contributed by atoms with Gasteiger partial charge in [0.25, 0.3) is 11.9 Å². The number of nitrogens with zero attached hydrogens (tertiary/aromatic N) is 7. The van der Waals surface area contributed by atoms with Gasteiger partial charge in [-0.2, -0.15) is 4.98 Å². The summed E-state index contributed by atoms with van der Waals surface area (Å²) in [6.45, 7) is 4.00. The summed E-state index contributed by atoms with van der Waals surface area (Å²) in [6.07, 6.45) is 3.39. The first kappa shape index (κ1) is 39.0. The van der Waals surface area contributed by atoms with Gasteiger partial charge in [-0.05, 0) is 79.5 Å². The monoisotopic (exact) mass is 757 g/mol. The van der Waals surface area contributed by atoms with Gasteiger partial charge < -0.3 is 18.9 Å². The van der Waals surface area contributed by atoms with Crippen LogP contribution in [0.15, 0.2) is 66.7 Å². The normalized spacial score (nSPS) is 13.8. The van der Waals surface area contributed by atoms with Crippen molar-refractivity contribution in [3.05, 3.63) is 77.9 Å². The van der Waals surface area contributed by atoms with Crippen molar-refractivity contribution in [1.82, 2.24) is 35.1 Å². The minimum atomic E-state index is -1.18. The maximum Gasteiger partial charge on any atom is 0.511 e. The third-order valence-corrected chi connectivity index (χ3v) is 8.98. The van der Waals surface area contributed by atoms with Crippen LogP contribution in [0.5, 0.6) is 6.01 Å². The highest BCUT2D eigenvalue weighted by molar-refractivity contribution is 6.02. The minimum Gasteiger partial charge on any atom is -0.465 e. The van der Waals surface area contributed by atoms with Crippen LogP contribution < -0.4 is 4.74 Å². The van der Waals surface area contributed by atoms with E-state index in [0.717, 1.165) is 53.6 Å². The third kappa shape index (κ3) is 10.1. The summed E-state index contributed by atoms with van der Waals surface area (Å²) in [4.78, 5) is 48.6. The van der Waals surface area contributed by atoms with E-state index in [2.05, 4.69) is 25.2 Å². The molecule has 6 rings (SSSR count). The molecule has 1 atom stereocenters. The molecule has 1 saturated carbocycles. The van der Waals surface area contributed by atoms with Crippen molar-refractivity contribution >= 4 is 29.1 Å². The van der Waals surface area contributed by atoms with Crippen molar-refractivity contribution in [3.63, 3.8) is 0 Å². The fraction of sp³-hybridized carbons (Fsp3) is 0.395. The predicted octanol–water partition coefficient (Wildman–Crippen LogP) is 6.62. The number of unbranched alkanes of at least 4 members (excludes halogenated alkanes) is 1. The van der Waals surface area contributed by atoms with Crippen LogP contribution in [0.4, 0.5) is 4.79 Å². The zero-order valence-electron chi connectivity index (χ0n) is 30.6. The molecule has 1 aliphatic rings. The molecule has 0 spiro atoms. The summed E-state index contributed by atoms with van der Waals surface area (Å²) >= 11 is 0. The van der Waals surface area contributed by atoms with Gasteiger partial charge in [0.05, 0.1) is 41.7 Å². The predicted molar refractivity (Wildman–Crippen MR) is 194 cm³/mol. The number of rotatable bonds is 16. The number of carbonyl (C=O) groups is 3. The van der Waals surface area contributed by atoms with Crippen LogP contribution in [0.2, 0.25) is 0 Å². The first-order chi connectivity index (χ1) is 26.7. The average Bonchev–Trinajstić information content (AvgIpc) is 3.81. The fourth-order valence-corrected chi connectivity index (χ4v) is 6.39. The molecule has 1 fully saturated rings. The van der Waals surface area contributed by atoms with Crippen molar-refractivity contribution < 1.29 is 48.6 Å². The Balaban J connectivity index is 1.16. The Morgan fingerprint density at radius 3 is 2.44 bits per heavy atom. The lowest BCUT2D eigenvalue weighted by Gasteiger charge is -2.22. The van der Waals surface area contributed by atoms with Crippen molar-refractivity contribution in [2.24, 2.45) is 0 Å². The van der Waals surface area contributed by atoms with Gasteiger partial charge >= 0.3 is 12.1 Å². The number of hydrogen-bond acceptors (Lipinski definition) is 15. The molecule has 1 unspecified atom stereocenters. The van der Waals surface area contributed by atoms with Crippen molar-refractivity contribution in [1.29, 1.82) is 0 Å². The molecular weight excluding hydrogens is 714 g/mol. The van der Waals surface area contributed by atoms with E-state index in [-0.39, 0.29) is 41.8 Å². The van der Waals surface area contributed by atoms with E-state index < -0.39 is 18.4 Å². The Labute approximate surface area is 316 Å². The summed E-state index contributed by atoms with van der Waals surface area (Å²) in [5, 5.41) is 29.3. The molecule has 17 heteroatoms. The van der Waals surface area contributed by atoms with Crippen molar-refractivity contribution in [2.45, 2.75) is 84.2 Å². The second-order valence-corrected chi connectivity index (χ2v) is 12.9. The molecule has 17 nitrogen and oxygen atoms in total. The highest BCUT2D eigenvalue weighted by Crippen LogP contribution is 2.32. The van der Waals surface area contributed by atoms with Crippen LogP contribution in [-0.2, 0) is 25.6 Å². The standard InChI is InChI=1S/C38H43N7O10/c1-3-51-37-39-32-17-11-16-31(36(47)53-25(2)54-38(48)55-28-12-5-4-6-13-28)34(32)43(37)24-26-19-21-27(22-20-26)29-14-7-8-15-30(29)35-40-42-44(41-35)33(46)18-9-10-23-52-45(49)50/h7-8,11,14-17,19-22,25,28,49-50H,3-6,9-10,12-13,18,23-24H2,1-2H3. The fourth-order valence-electron chi connectivity index (χ4n) is 6.39. The number of carbonyl (C=O) groups excluding carboxylic acids is 3. The van der Waals surface area contributed by atoms with Gasteiger partial charge in [0.15, 0.2) is 0 Å². The molecule has 2 heterocycles. The van der Waals surface area contributed by atoms with E-state index in [1.165, 1.54) is 6.92 Å². The first-order valence-corrected chi connectivity index (χ1v) is 18.2. The molecule has 290 valence electrons. The molecule has 55 heavy (non-hydrogen) atoms. The number of para-hydroxylation sites is 1. The number of aromatic nitrogens is 6. The topological polar surface area (TPSA) is 202 Å². The largest absolute Gasteiger partial charge is 0.511 e. The zero-order valence-corrected chi connectivity index (χ0v) is 30.6. The molecule has 0 saturated heterocycles. The molecular formula is C38H43N7O10. The lowest BCUT2D eigenvalue weighted by Crippen LogP contribution is -2.26. The van der Waals surface area contributed by atoms with Crippen molar-refractivity contribution in [2.75, 3.05) is 13.2 Å². The Kier molecular flexibility index (Phi) is 13.1. The Morgan fingerprint density at radius 1 is 0.927 bits per heavy atom. The Morgan fingerprint density at radius 2 is 1.69 bits per heavy atom. The number of esters is 1. The second-order valence-electron chi connectivity index (χ2n) is 12.9. The molecule has 0 amide bonds. The maximum atomic E-state index is 13.5. The summed E-state index contributed by atoms with van der Waals surface area (Å²) in [5.74, 6) is -0.782. The van der Waals surface area contributed by atoms with Gasteiger partial charge in [-0.15, -0.1) is 10.2 Å². The summed E-state index contributed by atoms with van der Waals surface area (Å²) < 4.78 is 23.9. The summed E-state index contributed by atoms with van der Waals surface area (Å²) in [5.41, 5.74) is 4.51. The van der Waals surface area contributed by atoms with Crippen LogP contribution in [0, 0.1) is 0 Å². The molecule has 3 aromatic carbocycles. The van der Waals surface area contributed by atoms with E-state index in [9.17, 15) is 14.4 Å². The molecule has 2 aromatic heterocycles. The summed E-state index contributed by atoms with van der Waals surface area (Å²) in [7, 11) is 0. The van der Waals surface area contributed by atoms with Gasteiger partial charge in [-0.3, -0.25) is 24.6 Å². The number of fused-ring (bicyclic) bond motifs is 1. The molecule has 0 aliphatic heterocycles. The van der Waals surface area contributed by atoms with E-state index >= 15 is 0 Å². The van der Waals surface area contributed by atoms with Gasteiger partial charge in [-0.25, -0.2) is 9.59 Å². The van der Waals surface area contributed by atoms with Crippen LogP contribution in [-0.4, -0.2) is 89.2 Å². The van der Waals surface area contributed by atoms with E-state index in [1.807, 2.05) is 55.5 Å². The maximum absolute atomic E-state index is 13.5. The average molecular weight is 758 g/mol.